The number of benzene rings is 2. The lowest BCUT2D eigenvalue weighted by Gasteiger charge is -2.21. The minimum Gasteiger partial charge on any atom is -0.384 e. The molecule has 0 bridgehead atoms. The summed E-state index contributed by atoms with van der Waals surface area (Å²) in [6.07, 6.45) is -0.578. The Morgan fingerprint density at radius 2 is 1.40 bits per heavy atom. The van der Waals surface area contributed by atoms with Gasteiger partial charge >= 0.3 is 0 Å². The molecule has 1 unspecified atom stereocenters. The molecule has 0 heterocycles. The summed E-state index contributed by atoms with van der Waals surface area (Å²) in [5.41, 5.74) is 7.96. The van der Waals surface area contributed by atoms with E-state index in [1.807, 2.05) is 25.1 Å². The molecule has 1 nitrogen and oxygen atoms in total. The molecule has 0 fully saturated rings. The molecule has 0 radical (unpaired) electrons. The Labute approximate surface area is 129 Å². The fourth-order valence-electron chi connectivity index (χ4n) is 2.60. The van der Waals surface area contributed by atoms with Crippen LogP contribution in [0.5, 0.6) is 0 Å². The molecular formula is C18H21BrO. The summed E-state index contributed by atoms with van der Waals surface area (Å²) in [5.74, 6) is 0. The molecule has 0 aliphatic heterocycles. The van der Waals surface area contributed by atoms with Gasteiger partial charge < -0.3 is 5.11 Å². The van der Waals surface area contributed by atoms with E-state index < -0.39 is 6.10 Å². The van der Waals surface area contributed by atoms with Crippen molar-refractivity contribution in [2.75, 3.05) is 0 Å². The molecule has 0 spiro atoms. The van der Waals surface area contributed by atoms with Crippen LogP contribution in [0.4, 0.5) is 0 Å². The van der Waals surface area contributed by atoms with Gasteiger partial charge in [0.25, 0.3) is 0 Å². The van der Waals surface area contributed by atoms with E-state index in [4.69, 9.17) is 0 Å². The van der Waals surface area contributed by atoms with E-state index in [1.165, 1.54) is 27.8 Å². The van der Waals surface area contributed by atoms with Gasteiger partial charge in [0.2, 0.25) is 0 Å². The van der Waals surface area contributed by atoms with Crippen LogP contribution in [0.15, 0.2) is 28.7 Å². The molecule has 0 aliphatic rings. The molecule has 0 amide bonds. The van der Waals surface area contributed by atoms with Gasteiger partial charge in [0.15, 0.2) is 0 Å². The maximum absolute atomic E-state index is 10.8. The Morgan fingerprint density at radius 1 is 0.850 bits per heavy atom. The molecule has 0 aliphatic carbocycles. The Bertz CT molecular complexity index is 633. The minimum atomic E-state index is -0.578. The summed E-state index contributed by atoms with van der Waals surface area (Å²) in [6, 6.07) is 8.24. The van der Waals surface area contributed by atoms with Crippen LogP contribution in [0.3, 0.4) is 0 Å². The van der Waals surface area contributed by atoms with Crippen LogP contribution >= 0.6 is 15.9 Å². The summed E-state index contributed by atoms with van der Waals surface area (Å²) in [6.45, 7) is 10.4. The number of hydrogen-bond donors (Lipinski definition) is 1. The van der Waals surface area contributed by atoms with Crippen molar-refractivity contribution in [1.29, 1.82) is 0 Å². The van der Waals surface area contributed by atoms with Gasteiger partial charge in [0, 0.05) is 4.47 Å². The van der Waals surface area contributed by atoms with Gasteiger partial charge in [0.05, 0.1) is 0 Å². The number of aliphatic hydroxyl groups excluding tert-OH is 1. The quantitative estimate of drug-likeness (QED) is 0.813. The highest BCUT2D eigenvalue weighted by atomic mass is 79.9. The van der Waals surface area contributed by atoms with Crippen LogP contribution in [0.2, 0.25) is 0 Å². The molecule has 2 heteroatoms. The van der Waals surface area contributed by atoms with Crippen molar-refractivity contribution in [3.8, 4) is 0 Å². The first-order valence-electron chi connectivity index (χ1n) is 6.84. The van der Waals surface area contributed by atoms with Crippen molar-refractivity contribution in [3.05, 3.63) is 67.7 Å². The largest absolute Gasteiger partial charge is 0.384 e. The van der Waals surface area contributed by atoms with Gasteiger partial charge in [-0.05, 0) is 79.6 Å². The lowest BCUT2D eigenvalue weighted by atomic mass is 9.88. The number of hydrogen-bond acceptors (Lipinski definition) is 1. The van der Waals surface area contributed by atoms with Crippen molar-refractivity contribution in [2.45, 2.75) is 40.7 Å². The predicted octanol–water partition coefficient (Wildman–Crippen LogP) is 5.07. The fourth-order valence-corrected chi connectivity index (χ4v) is 3.00. The van der Waals surface area contributed by atoms with E-state index in [-0.39, 0.29) is 0 Å². The van der Waals surface area contributed by atoms with Crippen LogP contribution in [0.25, 0.3) is 0 Å². The zero-order valence-electron chi connectivity index (χ0n) is 12.7. The van der Waals surface area contributed by atoms with Gasteiger partial charge in [-0.25, -0.2) is 0 Å². The van der Waals surface area contributed by atoms with Gasteiger partial charge in [0.1, 0.15) is 6.10 Å². The second kappa shape index (κ2) is 5.71. The van der Waals surface area contributed by atoms with Crippen molar-refractivity contribution >= 4 is 15.9 Å². The number of halogens is 1. The zero-order valence-corrected chi connectivity index (χ0v) is 14.3. The van der Waals surface area contributed by atoms with E-state index in [9.17, 15) is 5.11 Å². The highest BCUT2D eigenvalue weighted by Crippen LogP contribution is 2.33. The maximum atomic E-state index is 10.8. The third-order valence-corrected chi connectivity index (χ3v) is 5.06. The first-order valence-corrected chi connectivity index (χ1v) is 7.63. The summed E-state index contributed by atoms with van der Waals surface area (Å²) >= 11 is 3.54. The van der Waals surface area contributed by atoms with Crippen molar-refractivity contribution in [1.82, 2.24) is 0 Å². The molecular weight excluding hydrogens is 312 g/mol. The van der Waals surface area contributed by atoms with Crippen LogP contribution in [-0.4, -0.2) is 5.11 Å². The third-order valence-electron chi connectivity index (χ3n) is 4.21. The Morgan fingerprint density at radius 3 is 1.90 bits per heavy atom. The van der Waals surface area contributed by atoms with Crippen molar-refractivity contribution in [3.63, 3.8) is 0 Å². The van der Waals surface area contributed by atoms with E-state index >= 15 is 0 Å². The van der Waals surface area contributed by atoms with E-state index in [2.05, 4.69) is 49.7 Å². The molecule has 2 aromatic rings. The topological polar surface area (TPSA) is 20.2 Å². The fraction of sp³-hybridized carbons (Fsp3) is 0.333. The van der Waals surface area contributed by atoms with E-state index in [0.717, 1.165) is 15.6 Å². The minimum absolute atomic E-state index is 0.578. The molecule has 106 valence electrons. The normalized spacial score (nSPS) is 12.6. The Hall–Kier alpha value is -1.12. The maximum Gasteiger partial charge on any atom is 0.105 e. The molecule has 2 aromatic carbocycles. The lowest BCUT2D eigenvalue weighted by Crippen LogP contribution is -2.07. The summed E-state index contributed by atoms with van der Waals surface area (Å²) in [4.78, 5) is 0. The van der Waals surface area contributed by atoms with Crippen LogP contribution in [0.1, 0.15) is 45.0 Å². The zero-order chi connectivity index (χ0) is 15.0. The second-order valence-electron chi connectivity index (χ2n) is 5.59. The highest BCUT2D eigenvalue weighted by molar-refractivity contribution is 9.10. The molecule has 0 saturated heterocycles. The first-order chi connectivity index (χ1) is 9.32. The van der Waals surface area contributed by atoms with Crippen LogP contribution < -0.4 is 0 Å². The van der Waals surface area contributed by atoms with Gasteiger partial charge in [-0.15, -0.1) is 0 Å². The summed E-state index contributed by atoms with van der Waals surface area (Å²) in [5, 5.41) is 10.8. The predicted molar refractivity (Wildman–Crippen MR) is 88.3 cm³/mol. The van der Waals surface area contributed by atoms with Crippen molar-refractivity contribution < 1.29 is 5.11 Å². The second-order valence-corrected chi connectivity index (χ2v) is 6.44. The van der Waals surface area contributed by atoms with E-state index in [1.54, 1.807) is 0 Å². The Kier molecular flexibility index (Phi) is 4.36. The smallest absolute Gasteiger partial charge is 0.105 e. The number of aryl methyl sites for hydroxylation is 3. The van der Waals surface area contributed by atoms with Crippen LogP contribution in [0, 0.1) is 34.6 Å². The molecule has 0 saturated carbocycles. The first kappa shape index (κ1) is 15.3. The Balaban J connectivity index is 2.58. The van der Waals surface area contributed by atoms with Gasteiger partial charge in [-0.1, -0.05) is 34.1 Å². The molecule has 20 heavy (non-hydrogen) atoms. The SMILES string of the molecule is Cc1ccc(C(O)c2c(C)c(C)cc(C)c2C)cc1Br. The van der Waals surface area contributed by atoms with Gasteiger partial charge in [-0.3, -0.25) is 0 Å². The number of aliphatic hydroxyl groups is 1. The summed E-state index contributed by atoms with van der Waals surface area (Å²) < 4.78 is 1.04. The molecule has 2 rings (SSSR count). The molecule has 0 aromatic heterocycles. The standard InChI is InChI=1S/C18H21BrO/c1-10-6-7-15(9-16(10)19)18(20)17-13(4)11(2)8-12(3)14(17)5/h6-9,18,20H,1-5H3. The third kappa shape index (κ3) is 2.68. The number of rotatable bonds is 2. The van der Waals surface area contributed by atoms with Crippen molar-refractivity contribution in [2.24, 2.45) is 0 Å². The lowest BCUT2D eigenvalue weighted by molar-refractivity contribution is 0.218. The molecule has 1 N–H and O–H groups in total. The van der Waals surface area contributed by atoms with Crippen LogP contribution in [-0.2, 0) is 0 Å². The van der Waals surface area contributed by atoms with E-state index in [0.29, 0.717) is 0 Å². The highest BCUT2D eigenvalue weighted by Gasteiger charge is 2.18. The monoisotopic (exact) mass is 332 g/mol. The van der Waals surface area contributed by atoms with Gasteiger partial charge in [-0.2, -0.15) is 0 Å². The average Bonchev–Trinajstić information content (AvgIpc) is 2.40. The summed E-state index contributed by atoms with van der Waals surface area (Å²) in [7, 11) is 0. The average molecular weight is 333 g/mol. The molecule has 1 atom stereocenters.